The van der Waals surface area contributed by atoms with Gasteiger partial charge in [-0.05, 0) is 12.8 Å². The zero-order valence-corrected chi connectivity index (χ0v) is 10.9. The molecule has 0 aromatic carbocycles. The minimum atomic E-state index is -0.514. The number of methoxy groups -OCH3 is 2. The summed E-state index contributed by atoms with van der Waals surface area (Å²) in [7, 11) is 3.00. The van der Waals surface area contributed by atoms with Crippen LogP contribution in [-0.4, -0.2) is 56.0 Å². The molecule has 0 aliphatic heterocycles. The molecule has 1 fully saturated rings. The van der Waals surface area contributed by atoms with Gasteiger partial charge in [0.1, 0.15) is 6.61 Å². The highest BCUT2D eigenvalue weighted by atomic mass is 16.6. The summed E-state index contributed by atoms with van der Waals surface area (Å²) in [5, 5.41) is 8.90. The van der Waals surface area contributed by atoms with Gasteiger partial charge in [-0.15, -0.1) is 0 Å². The van der Waals surface area contributed by atoms with Crippen molar-refractivity contribution in [1.82, 2.24) is 0 Å². The molecule has 0 amide bonds. The third-order valence-corrected chi connectivity index (χ3v) is 3.29. The van der Waals surface area contributed by atoms with E-state index in [4.69, 9.17) is 19.3 Å². The molecular weight excluding hydrogens is 240 g/mol. The van der Waals surface area contributed by atoms with Crippen LogP contribution in [0.2, 0.25) is 0 Å². The average Bonchev–Trinajstić information content (AvgIpc) is 2.37. The molecule has 6 heteroatoms. The molecule has 6 nitrogen and oxygen atoms in total. The van der Waals surface area contributed by atoms with Gasteiger partial charge in [0.25, 0.3) is 0 Å². The molecule has 1 aliphatic rings. The van der Waals surface area contributed by atoms with Gasteiger partial charge in [0, 0.05) is 27.1 Å². The molecule has 0 saturated heterocycles. The van der Waals surface area contributed by atoms with Gasteiger partial charge in [0.05, 0.1) is 12.2 Å². The van der Waals surface area contributed by atoms with Gasteiger partial charge in [-0.3, -0.25) is 9.59 Å². The van der Waals surface area contributed by atoms with Crippen molar-refractivity contribution in [3.05, 3.63) is 0 Å². The van der Waals surface area contributed by atoms with Crippen molar-refractivity contribution < 1.29 is 28.9 Å². The molecule has 0 heterocycles. The van der Waals surface area contributed by atoms with E-state index in [1.165, 1.54) is 21.1 Å². The molecule has 2 unspecified atom stereocenters. The fourth-order valence-corrected chi connectivity index (χ4v) is 2.36. The molecule has 0 bridgehead atoms. The van der Waals surface area contributed by atoms with E-state index < -0.39 is 30.9 Å². The highest BCUT2D eigenvalue weighted by Crippen LogP contribution is 2.31. The SMILES string of the molecule is COC1CC(C(=O)CO)CC(OC)C1OC(C)=O. The third kappa shape index (κ3) is 3.51. The lowest BCUT2D eigenvalue weighted by Crippen LogP contribution is -2.50. The number of carbonyl (C=O) groups is 2. The van der Waals surface area contributed by atoms with Gasteiger partial charge in [0.15, 0.2) is 11.9 Å². The summed E-state index contributed by atoms with van der Waals surface area (Å²) >= 11 is 0. The number of Topliss-reactive ketones (excluding diaryl/α,β-unsaturated/α-hetero) is 1. The van der Waals surface area contributed by atoms with Crippen LogP contribution in [-0.2, 0) is 23.8 Å². The Morgan fingerprint density at radius 3 is 2.00 bits per heavy atom. The topological polar surface area (TPSA) is 82.1 Å². The molecule has 18 heavy (non-hydrogen) atoms. The first-order valence-electron chi connectivity index (χ1n) is 5.89. The van der Waals surface area contributed by atoms with E-state index in [2.05, 4.69) is 0 Å². The maximum Gasteiger partial charge on any atom is 0.303 e. The van der Waals surface area contributed by atoms with Gasteiger partial charge in [-0.2, -0.15) is 0 Å². The molecule has 1 rings (SSSR count). The monoisotopic (exact) mass is 260 g/mol. The van der Waals surface area contributed by atoms with E-state index >= 15 is 0 Å². The minimum Gasteiger partial charge on any atom is -0.457 e. The first-order valence-corrected chi connectivity index (χ1v) is 5.89. The third-order valence-electron chi connectivity index (χ3n) is 3.29. The van der Waals surface area contributed by atoms with Gasteiger partial charge in [-0.1, -0.05) is 0 Å². The summed E-state index contributed by atoms with van der Waals surface area (Å²) in [5.41, 5.74) is 0. The largest absolute Gasteiger partial charge is 0.457 e. The Morgan fingerprint density at radius 1 is 1.17 bits per heavy atom. The number of aliphatic hydroxyl groups is 1. The van der Waals surface area contributed by atoms with Crippen LogP contribution in [0.5, 0.6) is 0 Å². The van der Waals surface area contributed by atoms with Crippen molar-refractivity contribution in [2.24, 2.45) is 5.92 Å². The number of esters is 1. The standard InChI is InChI=1S/C12H20O6/c1-7(14)18-12-10(16-2)4-8(9(15)6-13)5-11(12)17-3/h8,10-13H,4-6H2,1-3H3. The Balaban J connectivity index is 2.80. The lowest BCUT2D eigenvalue weighted by Gasteiger charge is -2.38. The number of hydrogen-bond donors (Lipinski definition) is 1. The maximum atomic E-state index is 11.5. The summed E-state index contributed by atoms with van der Waals surface area (Å²) in [6.45, 7) is 0.834. The second kappa shape index (κ2) is 6.82. The van der Waals surface area contributed by atoms with E-state index in [1.54, 1.807) is 0 Å². The van der Waals surface area contributed by atoms with E-state index in [-0.39, 0.29) is 11.7 Å². The zero-order valence-electron chi connectivity index (χ0n) is 10.9. The quantitative estimate of drug-likeness (QED) is 0.696. The summed E-state index contributed by atoms with van der Waals surface area (Å²) in [6, 6.07) is 0. The van der Waals surface area contributed by atoms with Gasteiger partial charge in [-0.25, -0.2) is 0 Å². The van der Waals surface area contributed by atoms with Crippen molar-refractivity contribution in [3.8, 4) is 0 Å². The first-order chi connectivity index (χ1) is 8.53. The van der Waals surface area contributed by atoms with Crippen LogP contribution in [0.4, 0.5) is 0 Å². The normalized spacial score (nSPS) is 32.0. The molecule has 1 N–H and O–H groups in total. The Morgan fingerprint density at radius 2 is 1.67 bits per heavy atom. The van der Waals surface area contributed by atoms with Crippen LogP contribution in [0.15, 0.2) is 0 Å². The zero-order chi connectivity index (χ0) is 13.7. The molecule has 104 valence electrons. The maximum absolute atomic E-state index is 11.5. The van der Waals surface area contributed by atoms with Crippen LogP contribution >= 0.6 is 0 Å². The lowest BCUT2D eigenvalue weighted by molar-refractivity contribution is -0.178. The Hall–Kier alpha value is -0.980. The minimum absolute atomic E-state index is 0.236. The highest BCUT2D eigenvalue weighted by Gasteiger charge is 2.42. The lowest BCUT2D eigenvalue weighted by atomic mass is 9.80. The van der Waals surface area contributed by atoms with E-state index in [0.717, 1.165) is 0 Å². The van der Waals surface area contributed by atoms with Crippen LogP contribution in [0.25, 0.3) is 0 Å². The fraction of sp³-hybridized carbons (Fsp3) is 0.833. The van der Waals surface area contributed by atoms with Crippen molar-refractivity contribution in [3.63, 3.8) is 0 Å². The molecule has 1 saturated carbocycles. The van der Waals surface area contributed by atoms with Crippen LogP contribution in [0, 0.1) is 5.92 Å². The predicted molar refractivity (Wildman–Crippen MR) is 62.0 cm³/mol. The number of ketones is 1. The number of carbonyl (C=O) groups excluding carboxylic acids is 2. The molecule has 0 aromatic rings. The smallest absolute Gasteiger partial charge is 0.303 e. The van der Waals surface area contributed by atoms with Gasteiger partial charge < -0.3 is 19.3 Å². The Labute approximate surface area is 106 Å². The van der Waals surface area contributed by atoms with Crippen molar-refractivity contribution >= 4 is 11.8 Å². The number of hydrogen-bond acceptors (Lipinski definition) is 6. The molecule has 2 atom stereocenters. The predicted octanol–water partition coefficient (Wildman–Crippen LogP) is -0.0805. The summed E-state index contributed by atoms with van der Waals surface area (Å²) < 4.78 is 15.7. The molecular formula is C12H20O6. The number of ether oxygens (including phenoxy) is 3. The Kier molecular flexibility index (Phi) is 5.71. The Bertz CT molecular complexity index is 289. The number of aliphatic hydroxyl groups excluding tert-OH is 1. The van der Waals surface area contributed by atoms with Crippen LogP contribution in [0.1, 0.15) is 19.8 Å². The first kappa shape index (κ1) is 15.1. The van der Waals surface area contributed by atoms with Gasteiger partial charge >= 0.3 is 5.97 Å². The molecule has 0 spiro atoms. The van der Waals surface area contributed by atoms with E-state index in [1.807, 2.05) is 0 Å². The molecule has 0 radical (unpaired) electrons. The number of rotatable bonds is 5. The van der Waals surface area contributed by atoms with Crippen molar-refractivity contribution in [1.29, 1.82) is 0 Å². The van der Waals surface area contributed by atoms with Crippen molar-refractivity contribution in [2.75, 3.05) is 20.8 Å². The van der Waals surface area contributed by atoms with Crippen LogP contribution < -0.4 is 0 Å². The fourth-order valence-electron chi connectivity index (χ4n) is 2.36. The summed E-state index contributed by atoms with van der Waals surface area (Å²) in [4.78, 5) is 22.6. The second-order valence-electron chi connectivity index (χ2n) is 4.42. The van der Waals surface area contributed by atoms with Crippen molar-refractivity contribution in [2.45, 2.75) is 38.1 Å². The van der Waals surface area contributed by atoms with E-state index in [0.29, 0.717) is 12.8 Å². The van der Waals surface area contributed by atoms with Gasteiger partial charge in [0.2, 0.25) is 0 Å². The average molecular weight is 260 g/mol. The summed E-state index contributed by atoms with van der Waals surface area (Å²) in [5.74, 6) is -0.965. The van der Waals surface area contributed by atoms with Crippen LogP contribution in [0.3, 0.4) is 0 Å². The molecule has 0 aromatic heterocycles. The van der Waals surface area contributed by atoms with E-state index in [9.17, 15) is 9.59 Å². The molecule has 1 aliphatic carbocycles. The second-order valence-corrected chi connectivity index (χ2v) is 4.42. The highest BCUT2D eigenvalue weighted by molar-refractivity contribution is 5.82. The summed E-state index contributed by atoms with van der Waals surface area (Å²) in [6.07, 6.45) is -0.456.